The van der Waals surface area contributed by atoms with Crippen LogP contribution in [-0.2, 0) is 17.8 Å². The average molecular weight is 389 g/mol. The Morgan fingerprint density at radius 1 is 1.07 bits per heavy atom. The molecule has 2 aliphatic rings. The van der Waals surface area contributed by atoms with Gasteiger partial charge in [0.15, 0.2) is 0 Å². The number of carbonyl (C=O) groups excluding carboxylic acids is 3. The minimum atomic E-state index is -0.803. The minimum absolute atomic E-state index is 0.332. The number of allylic oxidation sites excluding steroid dienone is 1. The van der Waals surface area contributed by atoms with Gasteiger partial charge in [-0.25, -0.2) is 0 Å². The summed E-state index contributed by atoms with van der Waals surface area (Å²) in [6.45, 7) is 6.39. The van der Waals surface area contributed by atoms with E-state index in [0.29, 0.717) is 41.9 Å². The highest BCUT2D eigenvalue weighted by molar-refractivity contribution is 6.25. The average Bonchev–Trinajstić information content (AvgIpc) is 2.98. The second kappa shape index (κ2) is 7.54. The fourth-order valence-corrected chi connectivity index (χ4v) is 3.83. The molecule has 1 atom stereocenters. The van der Waals surface area contributed by atoms with Gasteiger partial charge in [0.1, 0.15) is 6.04 Å². The molecule has 148 valence electrons. The molecule has 0 aromatic heterocycles. The summed E-state index contributed by atoms with van der Waals surface area (Å²) < 4.78 is 0. The SMILES string of the molecule is C=C1CCC(N2C(=O)c3cccc(NCc4ccc(CC)cc4)c3C2=O)C(=O)N1. The summed E-state index contributed by atoms with van der Waals surface area (Å²) >= 11 is 0. The molecule has 1 unspecified atom stereocenters. The van der Waals surface area contributed by atoms with Gasteiger partial charge >= 0.3 is 0 Å². The molecule has 2 aliphatic heterocycles. The Kier molecular flexibility index (Phi) is 4.92. The zero-order valence-electron chi connectivity index (χ0n) is 16.3. The van der Waals surface area contributed by atoms with E-state index >= 15 is 0 Å². The number of hydrogen-bond acceptors (Lipinski definition) is 4. The van der Waals surface area contributed by atoms with Crippen LogP contribution in [0.25, 0.3) is 0 Å². The Balaban J connectivity index is 1.57. The topological polar surface area (TPSA) is 78.5 Å². The summed E-state index contributed by atoms with van der Waals surface area (Å²) in [6.07, 6.45) is 1.92. The number of anilines is 1. The number of fused-ring (bicyclic) bond motifs is 1. The molecule has 3 amide bonds. The van der Waals surface area contributed by atoms with Gasteiger partial charge in [-0.15, -0.1) is 0 Å². The number of hydrogen-bond donors (Lipinski definition) is 2. The van der Waals surface area contributed by atoms with E-state index in [9.17, 15) is 14.4 Å². The Bertz CT molecular complexity index is 1010. The number of rotatable bonds is 5. The summed E-state index contributed by atoms with van der Waals surface area (Å²) in [6, 6.07) is 12.6. The van der Waals surface area contributed by atoms with E-state index in [2.05, 4.69) is 36.3 Å². The molecule has 6 heteroatoms. The van der Waals surface area contributed by atoms with Gasteiger partial charge in [0.25, 0.3) is 11.8 Å². The molecule has 1 fully saturated rings. The molecule has 29 heavy (non-hydrogen) atoms. The van der Waals surface area contributed by atoms with Crippen LogP contribution < -0.4 is 10.6 Å². The van der Waals surface area contributed by atoms with Gasteiger partial charge in [0, 0.05) is 17.9 Å². The van der Waals surface area contributed by atoms with Crippen molar-refractivity contribution >= 4 is 23.4 Å². The number of amides is 3. The third kappa shape index (κ3) is 3.42. The van der Waals surface area contributed by atoms with Crippen molar-refractivity contribution in [2.45, 2.75) is 38.8 Å². The first-order valence-corrected chi connectivity index (χ1v) is 9.80. The van der Waals surface area contributed by atoms with Crippen LogP contribution in [0.2, 0.25) is 0 Å². The molecule has 4 rings (SSSR count). The zero-order valence-corrected chi connectivity index (χ0v) is 16.3. The molecule has 2 heterocycles. The predicted molar refractivity (Wildman–Crippen MR) is 110 cm³/mol. The van der Waals surface area contributed by atoms with Gasteiger partial charge in [-0.2, -0.15) is 0 Å². The minimum Gasteiger partial charge on any atom is -0.380 e. The van der Waals surface area contributed by atoms with Crippen molar-refractivity contribution in [1.82, 2.24) is 10.2 Å². The maximum atomic E-state index is 13.1. The Morgan fingerprint density at radius 3 is 2.48 bits per heavy atom. The predicted octanol–water partition coefficient (Wildman–Crippen LogP) is 3.25. The lowest BCUT2D eigenvalue weighted by Crippen LogP contribution is -2.51. The lowest BCUT2D eigenvalue weighted by molar-refractivity contribution is -0.125. The zero-order chi connectivity index (χ0) is 20.5. The van der Waals surface area contributed by atoms with Crippen LogP contribution in [0.5, 0.6) is 0 Å². The van der Waals surface area contributed by atoms with Crippen molar-refractivity contribution in [3.05, 3.63) is 77.0 Å². The van der Waals surface area contributed by atoms with Crippen molar-refractivity contribution in [2.24, 2.45) is 0 Å². The summed E-state index contributed by atoms with van der Waals surface area (Å²) in [5.74, 6) is -1.21. The number of benzene rings is 2. The van der Waals surface area contributed by atoms with Gasteiger partial charge in [-0.05, 0) is 42.5 Å². The molecule has 0 bridgehead atoms. The number of nitrogens with zero attached hydrogens (tertiary/aromatic N) is 1. The molecule has 2 N–H and O–H groups in total. The summed E-state index contributed by atoms with van der Waals surface area (Å²) in [4.78, 5) is 39.5. The Morgan fingerprint density at radius 2 is 1.79 bits per heavy atom. The molecule has 1 saturated heterocycles. The second-order valence-electron chi connectivity index (χ2n) is 7.38. The number of piperidine rings is 1. The normalized spacial score (nSPS) is 18.7. The van der Waals surface area contributed by atoms with Gasteiger partial charge in [-0.1, -0.05) is 43.8 Å². The molecule has 0 saturated carbocycles. The highest BCUT2D eigenvalue weighted by atomic mass is 16.2. The largest absolute Gasteiger partial charge is 0.380 e. The molecular weight excluding hydrogens is 366 g/mol. The number of nitrogens with one attached hydrogen (secondary N) is 2. The maximum absolute atomic E-state index is 13.1. The van der Waals surface area contributed by atoms with Crippen LogP contribution in [-0.4, -0.2) is 28.7 Å². The summed E-state index contributed by atoms with van der Waals surface area (Å²) in [7, 11) is 0. The summed E-state index contributed by atoms with van der Waals surface area (Å²) in [5.41, 5.74) is 4.22. The van der Waals surface area contributed by atoms with E-state index in [1.807, 2.05) is 12.1 Å². The van der Waals surface area contributed by atoms with E-state index < -0.39 is 17.9 Å². The highest BCUT2D eigenvalue weighted by Crippen LogP contribution is 2.33. The van der Waals surface area contributed by atoms with Crippen molar-refractivity contribution in [1.29, 1.82) is 0 Å². The van der Waals surface area contributed by atoms with E-state index in [4.69, 9.17) is 0 Å². The first-order chi connectivity index (χ1) is 14.0. The van der Waals surface area contributed by atoms with Gasteiger partial charge in [0.2, 0.25) is 5.91 Å². The van der Waals surface area contributed by atoms with Crippen molar-refractivity contribution in [2.75, 3.05) is 5.32 Å². The first kappa shape index (κ1) is 18.9. The van der Waals surface area contributed by atoms with Crippen LogP contribution in [0, 0.1) is 0 Å². The molecule has 0 spiro atoms. The second-order valence-corrected chi connectivity index (χ2v) is 7.38. The standard InChI is InChI=1S/C23H23N3O3/c1-3-15-8-10-16(11-9-15)13-24-18-6-4-5-17-20(18)23(29)26(22(17)28)19-12-7-14(2)25-21(19)27/h4-6,8-11,19,24H,2-3,7,12-13H2,1H3,(H,25,27). The van der Waals surface area contributed by atoms with E-state index in [1.54, 1.807) is 18.2 Å². The monoisotopic (exact) mass is 389 g/mol. The third-order valence-corrected chi connectivity index (χ3v) is 5.49. The number of imide groups is 1. The fraction of sp³-hybridized carbons (Fsp3) is 0.261. The van der Waals surface area contributed by atoms with Gasteiger partial charge in [0.05, 0.1) is 11.1 Å². The van der Waals surface area contributed by atoms with Crippen molar-refractivity contribution < 1.29 is 14.4 Å². The van der Waals surface area contributed by atoms with Crippen LogP contribution >= 0.6 is 0 Å². The van der Waals surface area contributed by atoms with Crippen molar-refractivity contribution in [3.63, 3.8) is 0 Å². The van der Waals surface area contributed by atoms with Crippen LogP contribution in [0.4, 0.5) is 5.69 Å². The smallest absolute Gasteiger partial charge is 0.264 e. The molecule has 2 aromatic rings. The third-order valence-electron chi connectivity index (χ3n) is 5.49. The van der Waals surface area contributed by atoms with Gasteiger partial charge in [-0.3, -0.25) is 19.3 Å². The van der Waals surface area contributed by atoms with E-state index in [-0.39, 0.29) is 5.91 Å². The fourth-order valence-electron chi connectivity index (χ4n) is 3.83. The van der Waals surface area contributed by atoms with Crippen molar-refractivity contribution in [3.8, 4) is 0 Å². The Hall–Kier alpha value is -3.41. The lowest BCUT2D eigenvalue weighted by atomic mass is 10.0. The molecule has 6 nitrogen and oxygen atoms in total. The van der Waals surface area contributed by atoms with Gasteiger partial charge < -0.3 is 10.6 Å². The first-order valence-electron chi connectivity index (χ1n) is 9.80. The van der Waals surface area contributed by atoms with E-state index in [0.717, 1.165) is 16.9 Å². The molecule has 2 aromatic carbocycles. The lowest BCUT2D eigenvalue weighted by Gasteiger charge is -2.29. The molecular formula is C23H23N3O3. The van der Waals surface area contributed by atoms with Crippen LogP contribution in [0.3, 0.4) is 0 Å². The number of aryl methyl sites for hydroxylation is 1. The van der Waals surface area contributed by atoms with Crippen LogP contribution in [0.1, 0.15) is 51.6 Å². The molecule has 0 aliphatic carbocycles. The maximum Gasteiger partial charge on any atom is 0.264 e. The highest BCUT2D eigenvalue weighted by Gasteiger charge is 2.44. The quantitative estimate of drug-likeness (QED) is 0.770. The molecule has 0 radical (unpaired) electrons. The van der Waals surface area contributed by atoms with E-state index in [1.165, 1.54) is 5.56 Å². The Labute approximate surface area is 169 Å². The van der Waals surface area contributed by atoms with Crippen LogP contribution in [0.15, 0.2) is 54.7 Å². The summed E-state index contributed by atoms with van der Waals surface area (Å²) in [5, 5.41) is 5.93. The number of carbonyl (C=O) groups is 3.